The maximum atomic E-state index is 11.7. The van der Waals surface area contributed by atoms with Gasteiger partial charge in [0.2, 0.25) is 0 Å². The number of aliphatic hydroxyl groups is 2. The average molecular weight is 422 g/mol. The standard InChI is InChI=1S/C28H39NO2/c1-16(2)19-12-13-28-23(30)11-10-18(4)27(28,5)24(31)14-17(3)26(28)25(19)21-15-29-22-9-7-6-8-20(21)22/h6-9,15-18,23-24,26,29-31H,10-14H2,1-5H3/t17?,18?,23?,24?,26-,27+,28-/m0/s1. The van der Waals surface area contributed by atoms with Gasteiger partial charge in [0.25, 0.3) is 0 Å². The predicted octanol–water partition coefficient (Wildman–Crippen LogP) is 6.17. The molecule has 0 aliphatic heterocycles. The van der Waals surface area contributed by atoms with Crippen molar-refractivity contribution < 1.29 is 10.2 Å². The number of benzene rings is 1. The van der Waals surface area contributed by atoms with Crippen molar-refractivity contribution in [2.24, 2.45) is 34.5 Å². The third-order valence-corrected chi connectivity index (χ3v) is 9.95. The zero-order valence-corrected chi connectivity index (χ0v) is 19.8. The van der Waals surface area contributed by atoms with E-state index in [-0.39, 0.29) is 29.0 Å². The van der Waals surface area contributed by atoms with Crippen LogP contribution in [-0.2, 0) is 0 Å². The molecule has 3 aliphatic carbocycles. The lowest BCUT2D eigenvalue weighted by Crippen LogP contribution is -2.68. The summed E-state index contributed by atoms with van der Waals surface area (Å²) in [7, 11) is 0. The number of aliphatic hydroxyl groups excluding tert-OH is 2. The molecular formula is C28H39NO2. The number of fused-ring (bicyclic) bond motifs is 1. The van der Waals surface area contributed by atoms with E-state index in [0.29, 0.717) is 17.8 Å². The number of para-hydroxylation sites is 1. The molecule has 168 valence electrons. The second-order valence-corrected chi connectivity index (χ2v) is 11.4. The van der Waals surface area contributed by atoms with Crippen LogP contribution in [0.3, 0.4) is 0 Å². The summed E-state index contributed by atoms with van der Waals surface area (Å²) in [6.07, 6.45) is 6.17. The van der Waals surface area contributed by atoms with Gasteiger partial charge in [-0.25, -0.2) is 0 Å². The Morgan fingerprint density at radius 2 is 1.81 bits per heavy atom. The number of hydrogen-bond acceptors (Lipinski definition) is 2. The summed E-state index contributed by atoms with van der Waals surface area (Å²) >= 11 is 0. The fourth-order valence-electron chi connectivity index (χ4n) is 8.25. The van der Waals surface area contributed by atoms with Crippen molar-refractivity contribution in [3.63, 3.8) is 0 Å². The van der Waals surface area contributed by atoms with Gasteiger partial charge >= 0.3 is 0 Å². The first kappa shape index (κ1) is 21.3. The lowest BCUT2D eigenvalue weighted by atomic mass is 9.37. The van der Waals surface area contributed by atoms with Crippen molar-refractivity contribution in [1.82, 2.24) is 4.98 Å². The molecule has 3 aliphatic rings. The fraction of sp³-hybridized carbons (Fsp3) is 0.643. The highest BCUT2D eigenvalue weighted by Gasteiger charge is 2.68. The first-order valence-corrected chi connectivity index (χ1v) is 12.4. The molecule has 5 rings (SSSR count). The molecule has 3 heteroatoms. The second-order valence-electron chi connectivity index (χ2n) is 11.4. The molecule has 2 fully saturated rings. The quantitative estimate of drug-likeness (QED) is 0.543. The smallest absolute Gasteiger partial charge is 0.0608 e. The summed E-state index contributed by atoms with van der Waals surface area (Å²) in [5.41, 5.74) is 4.99. The van der Waals surface area contributed by atoms with Crippen molar-refractivity contribution in [3.8, 4) is 0 Å². The Balaban J connectivity index is 1.80. The van der Waals surface area contributed by atoms with Crippen molar-refractivity contribution in [3.05, 3.63) is 41.6 Å². The number of rotatable bonds is 2. The number of H-pyrrole nitrogens is 1. The minimum Gasteiger partial charge on any atom is -0.393 e. The molecule has 31 heavy (non-hydrogen) atoms. The number of hydrogen-bond donors (Lipinski definition) is 3. The lowest BCUT2D eigenvalue weighted by Gasteiger charge is -2.68. The molecule has 7 atom stereocenters. The Labute approximate surface area is 187 Å². The molecule has 0 amide bonds. The molecule has 2 aromatic rings. The van der Waals surface area contributed by atoms with Gasteiger partial charge in [-0.15, -0.1) is 0 Å². The molecule has 0 saturated heterocycles. The average Bonchev–Trinajstić information content (AvgIpc) is 3.17. The molecule has 2 saturated carbocycles. The molecule has 3 N–H and O–H groups in total. The lowest BCUT2D eigenvalue weighted by molar-refractivity contribution is -0.240. The summed E-state index contributed by atoms with van der Waals surface area (Å²) < 4.78 is 0. The summed E-state index contributed by atoms with van der Waals surface area (Å²) in [4.78, 5) is 3.52. The van der Waals surface area contributed by atoms with Gasteiger partial charge in [-0.3, -0.25) is 0 Å². The molecule has 1 heterocycles. The van der Waals surface area contributed by atoms with Gasteiger partial charge in [0.05, 0.1) is 12.2 Å². The fourth-order valence-corrected chi connectivity index (χ4v) is 8.25. The normalized spacial score (nSPS) is 40.8. The highest BCUT2D eigenvalue weighted by molar-refractivity contribution is 5.94. The summed E-state index contributed by atoms with van der Waals surface area (Å²) in [5, 5.41) is 24.5. The monoisotopic (exact) mass is 421 g/mol. The molecule has 4 unspecified atom stereocenters. The van der Waals surface area contributed by atoms with Crippen LogP contribution in [0.15, 0.2) is 36.0 Å². The van der Waals surface area contributed by atoms with E-state index in [1.54, 1.807) is 5.57 Å². The topological polar surface area (TPSA) is 56.2 Å². The number of aromatic nitrogens is 1. The van der Waals surface area contributed by atoms with Gasteiger partial charge in [-0.1, -0.05) is 58.4 Å². The van der Waals surface area contributed by atoms with E-state index in [1.807, 2.05) is 0 Å². The molecule has 0 bridgehead atoms. The Kier molecular flexibility index (Phi) is 4.95. The van der Waals surface area contributed by atoms with Crippen molar-refractivity contribution in [1.29, 1.82) is 0 Å². The van der Waals surface area contributed by atoms with Crippen molar-refractivity contribution in [2.75, 3.05) is 0 Å². The van der Waals surface area contributed by atoms with E-state index in [1.165, 1.54) is 22.0 Å². The number of aromatic amines is 1. The van der Waals surface area contributed by atoms with Crippen LogP contribution in [-0.4, -0.2) is 27.4 Å². The van der Waals surface area contributed by atoms with E-state index in [2.05, 4.69) is 70.1 Å². The number of nitrogens with one attached hydrogen (secondary N) is 1. The minimum atomic E-state index is -0.356. The van der Waals surface area contributed by atoms with Crippen molar-refractivity contribution in [2.45, 2.75) is 78.9 Å². The Hall–Kier alpha value is -1.58. The Bertz CT molecular complexity index is 1020. The van der Waals surface area contributed by atoms with Gasteiger partial charge in [0.15, 0.2) is 0 Å². The molecule has 0 radical (unpaired) electrons. The summed E-state index contributed by atoms with van der Waals surface area (Å²) in [5.74, 6) is 1.49. The van der Waals surface area contributed by atoms with Crippen LogP contribution >= 0.6 is 0 Å². The SMILES string of the molecule is CC(C)C1=C(c2c[nH]c3ccccc23)[C@@H]2C(C)CC(O)[C@@]3(C)C(C)CCC(O)[C@@]23CC1. The van der Waals surface area contributed by atoms with Crippen LogP contribution in [0.2, 0.25) is 0 Å². The zero-order chi connectivity index (χ0) is 22.1. The van der Waals surface area contributed by atoms with E-state index in [0.717, 1.165) is 32.1 Å². The first-order valence-electron chi connectivity index (χ1n) is 12.4. The van der Waals surface area contributed by atoms with E-state index >= 15 is 0 Å². The largest absolute Gasteiger partial charge is 0.393 e. The molecule has 1 aromatic carbocycles. The zero-order valence-electron chi connectivity index (χ0n) is 19.8. The van der Waals surface area contributed by atoms with E-state index in [4.69, 9.17) is 0 Å². The van der Waals surface area contributed by atoms with Gasteiger partial charge < -0.3 is 15.2 Å². The van der Waals surface area contributed by atoms with Crippen LogP contribution in [0, 0.1) is 34.5 Å². The van der Waals surface area contributed by atoms with E-state index in [9.17, 15) is 10.2 Å². The Morgan fingerprint density at radius 3 is 2.55 bits per heavy atom. The predicted molar refractivity (Wildman–Crippen MR) is 128 cm³/mol. The maximum Gasteiger partial charge on any atom is 0.0608 e. The third kappa shape index (κ3) is 2.66. The van der Waals surface area contributed by atoms with Crippen LogP contribution < -0.4 is 0 Å². The highest BCUT2D eigenvalue weighted by Crippen LogP contribution is 2.71. The molecular weight excluding hydrogens is 382 g/mol. The molecule has 3 nitrogen and oxygen atoms in total. The maximum absolute atomic E-state index is 11.7. The highest BCUT2D eigenvalue weighted by atomic mass is 16.3. The Morgan fingerprint density at radius 1 is 1.06 bits per heavy atom. The van der Waals surface area contributed by atoms with Gasteiger partial charge in [-0.05, 0) is 67.4 Å². The summed E-state index contributed by atoms with van der Waals surface area (Å²) in [6.45, 7) is 11.6. The van der Waals surface area contributed by atoms with Crippen LogP contribution in [0.25, 0.3) is 16.5 Å². The van der Waals surface area contributed by atoms with Crippen LogP contribution in [0.4, 0.5) is 0 Å². The van der Waals surface area contributed by atoms with Gasteiger partial charge in [-0.2, -0.15) is 0 Å². The summed E-state index contributed by atoms with van der Waals surface area (Å²) in [6, 6.07) is 8.60. The van der Waals surface area contributed by atoms with Gasteiger partial charge in [0.1, 0.15) is 0 Å². The third-order valence-electron chi connectivity index (χ3n) is 9.95. The van der Waals surface area contributed by atoms with E-state index < -0.39 is 0 Å². The van der Waals surface area contributed by atoms with Crippen LogP contribution in [0.5, 0.6) is 0 Å². The van der Waals surface area contributed by atoms with Crippen LogP contribution in [0.1, 0.15) is 72.3 Å². The molecule has 1 aromatic heterocycles. The number of allylic oxidation sites excluding steroid dienone is 2. The first-order chi connectivity index (χ1) is 14.7. The van der Waals surface area contributed by atoms with Crippen molar-refractivity contribution >= 4 is 16.5 Å². The molecule has 1 spiro atoms. The second kappa shape index (κ2) is 7.22. The minimum absolute atomic E-state index is 0.262. The van der Waals surface area contributed by atoms with Gasteiger partial charge in [0, 0.05) is 33.5 Å².